The molecule has 0 saturated heterocycles. The van der Waals surface area contributed by atoms with Gasteiger partial charge in [-0.2, -0.15) is 9.78 Å². The summed E-state index contributed by atoms with van der Waals surface area (Å²) in [6.07, 6.45) is 1.21. The number of nitro benzene ring substituents is 1. The largest absolute Gasteiger partial charge is 0.476 e. The van der Waals surface area contributed by atoms with Crippen LogP contribution in [0.2, 0.25) is 0 Å². The van der Waals surface area contributed by atoms with Crippen molar-refractivity contribution in [3.63, 3.8) is 0 Å². The Kier molecular flexibility index (Phi) is 7.92. The number of amides is 1. The smallest absolute Gasteiger partial charge is 0.312 e. The first-order valence-electron chi connectivity index (χ1n) is 12.1. The minimum absolute atomic E-state index is 0.0650. The summed E-state index contributed by atoms with van der Waals surface area (Å²) in [7, 11) is 0. The lowest BCUT2D eigenvalue weighted by Gasteiger charge is -2.12. The Bertz CT molecular complexity index is 1880. The normalized spacial score (nSPS) is 11.1. The number of anilines is 1. The molecule has 5 aromatic rings. The molecule has 1 heterocycles. The molecule has 0 spiro atoms. The number of hydrogen-bond acceptors (Lipinski definition) is 7. The first-order chi connectivity index (χ1) is 19.8. The molecule has 1 aromatic heterocycles. The summed E-state index contributed by atoms with van der Waals surface area (Å²) in [4.78, 5) is 41.8. The van der Waals surface area contributed by atoms with Gasteiger partial charge in [0.2, 0.25) is 5.75 Å². The molecule has 4 aromatic carbocycles. The van der Waals surface area contributed by atoms with Crippen LogP contribution in [0.3, 0.4) is 0 Å². The van der Waals surface area contributed by atoms with Gasteiger partial charge >= 0.3 is 5.69 Å². The summed E-state index contributed by atoms with van der Waals surface area (Å²) in [5, 5.41) is 18.9. The van der Waals surface area contributed by atoms with Crippen LogP contribution in [0.15, 0.2) is 105 Å². The predicted molar refractivity (Wildman–Crippen MR) is 156 cm³/mol. The maximum atomic E-state index is 13.9. The van der Waals surface area contributed by atoms with Gasteiger partial charge < -0.3 is 10.1 Å². The van der Waals surface area contributed by atoms with Gasteiger partial charge in [-0.1, -0.05) is 70.5 Å². The Balaban J connectivity index is 1.55. The average molecular weight is 616 g/mol. The van der Waals surface area contributed by atoms with Crippen molar-refractivity contribution in [1.29, 1.82) is 0 Å². The zero-order chi connectivity index (χ0) is 28.9. The molecule has 5 rings (SSSR count). The number of nitro groups is 1. The zero-order valence-electron chi connectivity index (χ0n) is 21.0. The van der Waals surface area contributed by atoms with Crippen LogP contribution in [-0.4, -0.2) is 33.3 Å². The summed E-state index contributed by atoms with van der Waals surface area (Å²) < 4.78 is 20.9. The quantitative estimate of drug-likeness (QED) is 0.134. The Morgan fingerprint density at radius 2 is 1.78 bits per heavy atom. The molecule has 0 fully saturated rings. The van der Waals surface area contributed by atoms with Crippen LogP contribution in [0.1, 0.15) is 5.56 Å². The molecule has 0 unspecified atom stereocenters. The number of fused-ring (bicyclic) bond motifs is 1. The van der Waals surface area contributed by atoms with Gasteiger partial charge in [0.05, 0.1) is 27.7 Å². The van der Waals surface area contributed by atoms with Crippen molar-refractivity contribution in [2.75, 3.05) is 11.9 Å². The number of carbonyl (C=O) groups excluding carboxylic acids is 1. The van der Waals surface area contributed by atoms with Crippen LogP contribution in [0.5, 0.6) is 5.75 Å². The van der Waals surface area contributed by atoms with Crippen molar-refractivity contribution >= 4 is 50.3 Å². The molecule has 1 amide bonds. The van der Waals surface area contributed by atoms with Gasteiger partial charge in [-0.3, -0.25) is 19.7 Å². The molecule has 1 N–H and O–H groups in total. The molecule has 0 bridgehead atoms. The summed E-state index contributed by atoms with van der Waals surface area (Å²) >= 11 is 3.25. The number of benzene rings is 4. The number of nitrogens with one attached hydrogen (secondary N) is 1. The van der Waals surface area contributed by atoms with E-state index in [1.54, 1.807) is 54.6 Å². The van der Waals surface area contributed by atoms with E-state index in [9.17, 15) is 24.1 Å². The second kappa shape index (κ2) is 11.9. The van der Waals surface area contributed by atoms with E-state index < -0.39 is 34.5 Å². The van der Waals surface area contributed by atoms with Crippen LogP contribution >= 0.6 is 15.9 Å². The van der Waals surface area contributed by atoms with Crippen molar-refractivity contribution in [2.24, 2.45) is 5.10 Å². The molecule has 12 heteroatoms. The number of rotatable bonds is 8. The third kappa shape index (κ3) is 6.02. The van der Waals surface area contributed by atoms with Gasteiger partial charge in [-0.05, 0) is 30.3 Å². The first kappa shape index (κ1) is 27.3. The van der Waals surface area contributed by atoms with E-state index in [0.29, 0.717) is 20.9 Å². The van der Waals surface area contributed by atoms with Crippen molar-refractivity contribution in [1.82, 2.24) is 9.66 Å². The molecule has 204 valence electrons. The molecule has 0 aliphatic carbocycles. The highest BCUT2D eigenvalue weighted by molar-refractivity contribution is 9.10. The molecule has 41 heavy (non-hydrogen) atoms. The Labute approximate surface area is 240 Å². The van der Waals surface area contributed by atoms with Gasteiger partial charge in [0.1, 0.15) is 5.82 Å². The lowest BCUT2D eigenvalue weighted by atomic mass is 10.2. The summed E-state index contributed by atoms with van der Waals surface area (Å²) in [6, 6.07) is 24.0. The van der Waals surface area contributed by atoms with Crippen LogP contribution in [0.25, 0.3) is 22.3 Å². The van der Waals surface area contributed by atoms with Crippen LogP contribution in [0.4, 0.5) is 15.8 Å². The van der Waals surface area contributed by atoms with E-state index in [-0.39, 0.29) is 22.8 Å². The highest BCUT2D eigenvalue weighted by Crippen LogP contribution is 2.34. The second-order valence-electron chi connectivity index (χ2n) is 8.60. The van der Waals surface area contributed by atoms with Crippen molar-refractivity contribution < 1.29 is 18.8 Å². The SMILES string of the molecule is O=C(COc1c(C=Nn2c(-c3ccccc3)nc3ccccc3c2=O)cc(Br)cc1[N+](=O)[O-])Nc1ccccc1F. The fourth-order valence-electron chi connectivity index (χ4n) is 4.00. The molecule has 10 nitrogen and oxygen atoms in total. The van der Waals surface area contributed by atoms with E-state index in [1.165, 1.54) is 36.5 Å². The molecular formula is C29H19BrFN5O5. The van der Waals surface area contributed by atoms with Gasteiger partial charge in [-0.25, -0.2) is 9.37 Å². The van der Waals surface area contributed by atoms with Gasteiger partial charge in [-0.15, -0.1) is 0 Å². The third-order valence-corrected chi connectivity index (χ3v) is 6.31. The van der Waals surface area contributed by atoms with Gasteiger partial charge in [0.25, 0.3) is 11.5 Å². The number of halogens is 2. The minimum atomic E-state index is -0.739. The number of carbonyl (C=O) groups is 1. The fraction of sp³-hybridized carbons (Fsp3) is 0.0345. The summed E-state index contributed by atoms with van der Waals surface area (Å²) in [6.45, 7) is -0.662. The van der Waals surface area contributed by atoms with E-state index in [2.05, 4.69) is 31.3 Å². The van der Waals surface area contributed by atoms with Crippen LogP contribution in [0, 0.1) is 15.9 Å². The highest BCUT2D eigenvalue weighted by atomic mass is 79.9. The van der Waals surface area contributed by atoms with Crippen molar-refractivity contribution in [3.8, 4) is 17.1 Å². The zero-order valence-corrected chi connectivity index (χ0v) is 22.6. The molecule has 0 radical (unpaired) electrons. The van der Waals surface area contributed by atoms with E-state index in [0.717, 1.165) is 4.68 Å². The van der Waals surface area contributed by atoms with E-state index >= 15 is 0 Å². The molecule has 0 aliphatic rings. The van der Waals surface area contributed by atoms with Gasteiger partial charge in [0.15, 0.2) is 12.4 Å². The van der Waals surface area contributed by atoms with Crippen molar-refractivity contribution in [2.45, 2.75) is 0 Å². The standard InChI is InChI=1S/C29H19BrFN5O5/c30-20-14-19(27(25(15-20)36(39)40)41-17-26(37)33-24-13-7-5-11-22(24)31)16-32-35-28(18-8-2-1-3-9-18)34-23-12-6-4-10-21(23)29(35)38/h1-16H,17H2,(H,33,37). The number of para-hydroxylation sites is 2. The monoisotopic (exact) mass is 615 g/mol. The topological polar surface area (TPSA) is 129 Å². The molecular weight excluding hydrogens is 597 g/mol. The number of nitrogens with zero attached hydrogens (tertiary/aromatic N) is 4. The van der Waals surface area contributed by atoms with Crippen LogP contribution in [-0.2, 0) is 4.79 Å². The maximum absolute atomic E-state index is 13.9. The Hall–Kier alpha value is -5.23. The first-order valence-corrected chi connectivity index (χ1v) is 12.9. The molecule has 0 aliphatic heterocycles. The second-order valence-corrected chi connectivity index (χ2v) is 9.51. The lowest BCUT2D eigenvalue weighted by molar-refractivity contribution is -0.385. The van der Waals surface area contributed by atoms with Crippen molar-refractivity contribution in [3.05, 3.63) is 127 Å². The van der Waals surface area contributed by atoms with E-state index in [4.69, 9.17) is 4.74 Å². The minimum Gasteiger partial charge on any atom is -0.476 e. The van der Waals surface area contributed by atoms with E-state index in [1.807, 2.05) is 6.07 Å². The number of aromatic nitrogens is 2. The lowest BCUT2D eigenvalue weighted by Crippen LogP contribution is -2.22. The average Bonchev–Trinajstić information content (AvgIpc) is 2.97. The summed E-state index contributed by atoms with van der Waals surface area (Å²) in [5.74, 6) is -1.40. The van der Waals surface area contributed by atoms with Gasteiger partial charge in [0, 0.05) is 21.7 Å². The Morgan fingerprint density at radius 3 is 2.54 bits per heavy atom. The van der Waals surface area contributed by atoms with Crippen LogP contribution < -0.4 is 15.6 Å². The third-order valence-electron chi connectivity index (χ3n) is 5.85. The number of hydrogen-bond donors (Lipinski definition) is 1. The highest BCUT2D eigenvalue weighted by Gasteiger charge is 2.22. The molecule has 0 atom stereocenters. The predicted octanol–water partition coefficient (Wildman–Crippen LogP) is 5.77. The maximum Gasteiger partial charge on any atom is 0.312 e. The fourth-order valence-corrected chi connectivity index (χ4v) is 4.46. The number of ether oxygens (including phenoxy) is 1. The Morgan fingerprint density at radius 1 is 1.07 bits per heavy atom. The molecule has 0 saturated carbocycles. The summed E-state index contributed by atoms with van der Waals surface area (Å²) in [5.41, 5.74) is 0.224.